The lowest BCUT2D eigenvalue weighted by Crippen LogP contribution is -2.35. The zero-order valence-electron chi connectivity index (χ0n) is 12.5. The first-order valence-electron chi connectivity index (χ1n) is 7.33. The van der Waals surface area contributed by atoms with E-state index in [2.05, 4.69) is 20.4 Å². The van der Waals surface area contributed by atoms with E-state index in [9.17, 15) is 15.0 Å². The fourth-order valence-corrected chi connectivity index (χ4v) is 2.60. The van der Waals surface area contributed by atoms with Crippen molar-refractivity contribution in [3.8, 4) is 34.3 Å². The highest BCUT2D eigenvalue weighted by Gasteiger charge is 2.20. The first kappa shape index (κ1) is 14.2. The molecule has 24 heavy (non-hydrogen) atoms. The van der Waals surface area contributed by atoms with Crippen molar-refractivity contribution in [2.45, 2.75) is 6.54 Å². The molecule has 0 bridgehead atoms. The molecule has 8 heteroatoms. The Hall–Kier alpha value is -3.42. The minimum atomic E-state index is -0.162. The summed E-state index contributed by atoms with van der Waals surface area (Å²) in [6.07, 6.45) is 1.56. The lowest BCUT2D eigenvalue weighted by atomic mass is 10.1. The van der Waals surface area contributed by atoms with Gasteiger partial charge in [-0.1, -0.05) is 0 Å². The molecule has 1 aromatic carbocycles. The average molecular weight is 323 g/mol. The normalized spacial score (nSPS) is 13.4. The van der Waals surface area contributed by atoms with Crippen LogP contribution in [0.25, 0.3) is 22.8 Å². The van der Waals surface area contributed by atoms with Crippen molar-refractivity contribution in [2.24, 2.45) is 0 Å². The number of hydrogen-bond donors (Lipinski definition) is 3. The van der Waals surface area contributed by atoms with Gasteiger partial charge < -0.3 is 15.5 Å². The monoisotopic (exact) mass is 323 g/mol. The topological polar surface area (TPSA) is 113 Å². The van der Waals surface area contributed by atoms with Crippen LogP contribution in [0.5, 0.6) is 11.5 Å². The summed E-state index contributed by atoms with van der Waals surface area (Å²) in [6.45, 7) is 1.15. The molecule has 120 valence electrons. The number of fused-ring (bicyclic) bond motifs is 1. The van der Waals surface area contributed by atoms with Crippen LogP contribution >= 0.6 is 0 Å². The number of carbonyl (C=O) groups excluding carboxylic acids is 1. The molecule has 2 aromatic heterocycles. The first-order chi connectivity index (χ1) is 11.6. The van der Waals surface area contributed by atoms with Gasteiger partial charge in [0, 0.05) is 18.8 Å². The molecule has 3 aromatic rings. The molecule has 1 aliphatic rings. The number of amides is 1. The fourth-order valence-electron chi connectivity index (χ4n) is 2.60. The number of phenols is 2. The van der Waals surface area contributed by atoms with Gasteiger partial charge in [-0.25, -0.2) is 9.97 Å². The van der Waals surface area contributed by atoms with E-state index in [0.717, 1.165) is 0 Å². The number of hydrogen-bond acceptors (Lipinski definition) is 6. The van der Waals surface area contributed by atoms with E-state index in [1.807, 2.05) is 0 Å². The Kier molecular flexibility index (Phi) is 3.16. The van der Waals surface area contributed by atoms with Gasteiger partial charge in [0.2, 0.25) is 0 Å². The maximum Gasteiger partial charge on any atom is 0.269 e. The summed E-state index contributed by atoms with van der Waals surface area (Å²) in [5, 5.41) is 26.5. The van der Waals surface area contributed by atoms with Crippen LogP contribution in [0.3, 0.4) is 0 Å². The molecule has 8 nitrogen and oxygen atoms in total. The van der Waals surface area contributed by atoms with Gasteiger partial charge in [-0.3, -0.25) is 9.48 Å². The number of benzene rings is 1. The van der Waals surface area contributed by atoms with Gasteiger partial charge in [-0.15, -0.1) is 0 Å². The predicted octanol–water partition coefficient (Wildman–Crippen LogP) is 1.16. The smallest absolute Gasteiger partial charge is 0.269 e. The molecule has 0 spiro atoms. The van der Waals surface area contributed by atoms with E-state index in [1.54, 1.807) is 23.0 Å². The van der Waals surface area contributed by atoms with Crippen molar-refractivity contribution in [3.05, 3.63) is 42.2 Å². The van der Waals surface area contributed by atoms with Crippen molar-refractivity contribution in [2.75, 3.05) is 6.54 Å². The quantitative estimate of drug-likeness (QED) is 0.652. The molecule has 0 aliphatic carbocycles. The van der Waals surface area contributed by atoms with E-state index in [4.69, 9.17) is 0 Å². The number of aromatic hydroxyl groups is 2. The van der Waals surface area contributed by atoms with Crippen LogP contribution in [-0.4, -0.2) is 42.4 Å². The van der Waals surface area contributed by atoms with Gasteiger partial charge in [0.15, 0.2) is 5.82 Å². The van der Waals surface area contributed by atoms with E-state index in [-0.39, 0.29) is 17.4 Å². The molecule has 0 saturated heterocycles. The molecule has 0 saturated carbocycles. The molecule has 3 N–H and O–H groups in total. The summed E-state index contributed by atoms with van der Waals surface area (Å²) in [7, 11) is 0. The van der Waals surface area contributed by atoms with Gasteiger partial charge in [-0.2, -0.15) is 5.10 Å². The van der Waals surface area contributed by atoms with Gasteiger partial charge >= 0.3 is 0 Å². The summed E-state index contributed by atoms with van der Waals surface area (Å²) in [4.78, 5) is 20.4. The van der Waals surface area contributed by atoms with E-state index in [0.29, 0.717) is 41.6 Å². The van der Waals surface area contributed by atoms with Crippen molar-refractivity contribution < 1.29 is 15.0 Å². The molecule has 0 radical (unpaired) electrons. The second-order valence-electron chi connectivity index (χ2n) is 5.36. The molecular weight excluding hydrogens is 310 g/mol. The van der Waals surface area contributed by atoms with Crippen LogP contribution in [0, 0.1) is 0 Å². The molecule has 0 unspecified atom stereocenters. The summed E-state index contributed by atoms with van der Waals surface area (Å²) < 4.78 is 1.65. The molecule has 1 aliphatic heterocycles. The Bertz CT molecular complexity index is 951. The summed E-state index contributed by atoms with van der Waals surface area (Å²) >= 11 is 0. The van der Waals surface area contributed by atoms with E-state index < -0.39 is 0 Å². The number of phenolic OH excluding ortho intramolecular Hbond substituents is 2. The largest absolute Gasteiger partial charge is 0.508 e. The molecule has 0 fully saturated rings. The number of rotatable bonds is 2. The second-order valence-corrected chi connectivity index (χ2v) is 5.36. The number of nitrogens with one attached hydrogen (secondary N) is 1. The Morgan fingerprint density at radius 2 is 2.00 bits per heavy atom. The highest BCUT2D eigenvalue weighted by molar-refractivity contribution is 5.94. The van der Waals surface area contributed by atoms with E-state index in [1.165, 1.54) is 18.2 Å². The third kappa shape index (κ3) is 2.34. The Labute approximate surface area is 136 Å². The lowest BCUT2D eigenvalue weighted by molar-refractivity contribution is 0.0924. The number of aromatic nitrogens is 4. The maximum absolute atomic E-state index is 11.8. The van der Waals surface area contributed by atoms with Crippen LogP contribution in [0.15, 0.2) is 36.5 Å². The fraction of sp³-hybridized carbons (Fsp3) is 0.125. The van der Waals surface area contributed by atoms with Crippen LogP contribution in [0.2, 0.25) is 0 Å². The summed E-state index contributed by atoms with van der Waals surface area (Å²) in [5.41, 5.74) is 1.99. The van der Waals surface area contributed by atoms with Crippen LogP contribution in [0.4, 0.5) is 0 Å². The predicted molar refractivity (Wildman–Crippen MR) is 84.4 cm³/mol. The van der Waals surface area contributed by atoms with Gasteiger partial charge in [0.05, 0.1) is 17.8 Å². The number of carbonyl (C=O) groups is 1. The second kappa shape index (κ2) is 5.34. The SMILES string of the molecule is O=C1NCCn2nc(-c3ccnc(-c4ccc(O)cc4O)n3)cc21. The van der Waals surface area contributed by atoms with Crippen molar-refractivity contribution >= 4 is 5.91 Å². The Morgan fingerprint density at radius 3 is 2.79 bits per heavy atom. The molecule has 3 heterocycles. The minimum Gasteiger partial charge on any atom is -0.508 e. The lowest BCUT2D eigenvalue weighted by Gasteiger charge is -2.13. The molecular formula is C16H13N5O3. The zero-order valence-corrected chi connectivity index (χ0v) is 12.5. The molecule has 0 atom stereocenters. The standard InChI is InChI=1S/C16H13N5O3/c22-9-1-2-10(14(23)7-9)15-17-4-3-11(19-15)12-8-13-16(24)18-5-6-21(13)20-12/h1-4,7-8,22-23H,5-6H2,(H,18,24). The van der Waals surface area contributed by atoms with E-state index >= 15 is 0 Å². The average Bonchev–Trinajstić information content (AvgIpc) is 3.01. The van der Waals surface area contributed by atoms with Crippen molar-refractivity contribution in [3.63, 3.8) is 0 Å². The highest BCUT2D eigenvalue weighted by Crippen LogP contribution is 2.30. The minimum absolute atomic E-state index is 0.0415. The van der Waals surface area contributed by atoms with Gasteiger partial charge in [-0.05, 0) is 24.3 Å². The van der Waals surface area contributed by atoms with Crippen LogP contribution in [-0.2, 0) is 6.54 Å². The highest BCUT2D eigenvalue weighted by atomic mass is 16.3. The maximum atomic E-state index is 11.8. The third-order valence-corrected chi connectivity index (χ3v) is 3.76. The number of nitrogens with zero attached hydrogens (tertiary/aromatic N) is 4. The van der Waals surface area contributed by atoms with Gasteiger partial charge in [0.25, 0.3) is 5.91 Å². The third-order valence-electron chi connectivity index (χ3n) is 3.76. The van der Waals surface area contributed by atoms with Crippen LogP contribution < -0.4 is 5.32 Å². The Morgan fingerprint density at radius 1 is 1.12 bits per heavy atom. The van der Waals surface area contributed by atoms with Gasteiger partial charge in [0.1, 0.15) is 22.9 Å². The molecule has 4 rings (SSSR count). The van der Waals surface area contributed by atoms with Crippen molar-refractivity contribution in [1.82, 2.24) is 25.1 Å². The summed E-state index contributed by atoms with van der Waals surface area (Å²) in [5.74, 6) is -0.0123. The summed E-state index contributed by atoms with van der Waals surface area (Å²) in [6, 6.07) is 7.58. The van der Waals surface area contributed by atoms with Crippen LogP contribution in [0.1, 0.15) is 10.5 Å². The van der Waals surface area contributed by atoms with Crippen molar-refractivity contribution in [1.29, 1.82) is 0 Å². The zero-order chi connectivity index (χ0) is 16.7. The molecule has 1 amide bonds. The first-order valence-corrected chi connectivity index (χ1v) is 7.33. The Balaban J connectivity index is 1.77.